The van der Waals surface area contributed by atoms with Crippen LogP contribution in [0.2, 0.25) is 10.0 Å². The van der Waals surface area contributed by atoms with Crippen molar-refractivity contribution < 1.29 is 4.79 Å². The molecule has 1 aliphatic heterocycles. The van der Waals surface area contributed by atoms with Gasteiger partial charge in [0.05, 0.1) is 0 Å². The number of carbonyl (C=O) groups excluding carboxylic acids is 1. The lowest BCUT2D eigenvalue weighted by molar-refractivity contribution is -0.129. The summed E-state index contributed by atoms with van der Waals surface area (Å²) in [5, 5.41) is 4.62. The Morgan fingerprint density at radius 1 is 1.40 bits per heavy atom. The summed E-state index contributed by atoms with van der Waals surface area (Å²) < 4.78 is 0. The number of benzene rings is 1. The van der Waals surface area contributed by atoms with Gasteiger partial charge in [-0.05, 0) is 49.6 Å². The van der Waals surface area contributed by atoms with Gasteiger partial charge < -0.3 is 5.32 Å². The molecule has 2 nitrogen and oxygen atoms in total. The molecule has 1 unspecified atom stereocenters. The van der Waals surface area contributed by atoms with Gasteiger partial charge in [-0.15, -0.1) is 0 Å². The number of halogens is 2. The number of nitrogens with one attached hydrogen (secondary N) is 1. The third-order valence-corrected chi connectivity index (χ3v) is 4.75. The van der Waals surface area contributed by atoms with Gasteiger partial charge in [0, 0.05) is 28.4 Å². The number of Topliss-reactive ketones (excluding diaryl/α,β-unsaturated/α-hetero) is 1. The molecule has 1 aromatic carbocycles. The van der Waals surface area contributed by atoms with Crippen molar-refractivity contribution in [1.29, 1.82) is 0 Å². The fourth-order valence-electron chi connectivity index (χ4n) is 3.08. The highest BCUT2D eigenvalue weighted by Gasteiger charge is 2.38. The van der Waals surface area contributed by atoms with Gasteiger partial charge in [-0.1, -0.05) is 36.5 Å². The Kier molecular flexibility index (Phi) is 5.48. The zero-order valence-electron chi connectivity index (χ0n) is 11.8. The largest absolute Gasteiger partial charge is 0.316 e. The molecule has 1 aromatic rings. The Balaban J connectivity index is 2.18. The molecular weight excluding hydrogens is 293 g/mol. The highest BCUT2D eigenvalue weighted by molar-refractivity contribution is 6.33. The normalized spacial score (nSPS) is 22.8. The summed E-state index contributed by atoms with van der Waals surface area (Å²) in [6.45, 7) is 3.94. The molecule has 0 aliphatic carbocycles. The van der Waals surface area contributed by atoms with Crippen molar-refractivity contribution in [3.8, 4) is 0 Å². The van der Waals surface area contributed by atoms with E-state index in [4.69, 9.17) is 23.2 Å². The van der Waals surface area contributed by atoms with Crippen molar-refractivity contribution in [2.24, 2.45) is 5.41 Å². The SMILES string of the molecule is CCCC1(C(=O)Cc2cc(Cl)ccc2Cl)CCCNC1. The van der Waals surface area contributed by atoms with Crippen LogP contribution in [0.15, 0.2) is 18.2 Å². The first-order valence-electron chi connectivity index (χ1n) is 7.25. The Morgan fingerprint density at radius 2 is 2.20 bits per heavy atom. The maximum Gasteiger partial charge on any atom is 0.144 e. The standard InChI is InChI=1S/C16H21Cl2NO/c1-2-6-16(7-3-8-19-11-16)15(20)10-12-9-13(17)4-5-14(12)18/h4-5,9,19H,2-3,6-8,10-11H2,1H3. The van der Waals surface area contributed by atoms with E-state index >= 15 is 0 Å². The fraction of sp³-hybridized carbons (Fsp3) is 0.562. The van der Waals surface area contributed by atoms with Crippen molar-refractivity contribution in [2.75, 3.05) is 13.1 Å². The molecule has 1 heterocycles. The van der Waals surface area contributed by atoms with E-state index < -0.39 is 0 Å². The summed E-state index contributed by atoms with van der Waals surface area (Å²) in [6.07, 6.45) is 4.38. The lowest BCUT2D eigenvalue weighted by atomic mass is 9.72. The lowest BCUT2D eigenvalue weighted by Gasteiger charge is -2.36. The molecule has 0 aromatic heterocycles. The van der Waals surface area contributed by atoms with Crippen LogP contribution in [0.5, 0.6) is 0 Å². The first kappa shape index (κ1) is 15.8. The number of rotatable bonds is 5. The van der Waals surface area contributed by atoms with E-state index in [0.717, 1.165) is 44.3 Å². The minimum atomic E-state index is -0.224. The number of hydrogen-bond donors (Lipinski definition) is 1. The van der Waals surface area contributed by atoms with Gasteiger partial charge in [-0.3, -0.25) is 4.79 Å². The van der Waals surface area contributed by atoms with Crippen LogP contribution in [0.25, 0.3) is 0 Å². The molecule has 1 fully saturated rings. The van der Waals surface area contributed by atoms with E-state index in [0.29, 0.717) is 16.5 Å². The van der Waals surface area contributed by atoms with Crippen molar-refractivity contribution in [3.63, 3.8) is 0 Å². The van der Waals surface area contributed by atoms with Gasteiger partial charge in [-0.25, -0.2) is 0 Å². The second kappa shape index (κ2) is 6.93. The number of piperidine rings is 1. The number of carbonyl (C=O) groups is 1. The summed E-state index contributed by atoms with van der Waals surface area (Å²) in [7, 11) is 0. The highest BCUT2D eigenvalue weighted by Crippen LogP contribution is 2.35. The second-order valence-corrected chi connectivity index (χ2v) is 6.49. The summed E-state index contributed by atoms with van der Waals surface area (Å²) in [6, 6.07) is 5.32. The Hall–Kier alpha value is -0.570. The van der Waals surface area contributed by atoms with Crippen LogP contribution in [-0.4, -0.2) is 18.9 Å². The average molecular weight is 314 g/mol. The smallest absolute Gasteiger partial charge is 0.144 e. The molecule has 1 atom stereocenters. The van der Waals surface area contributed by atoms with E-state index in [-0.39, 0.29) is 11.2 Å². The predicted octanol–water partition coefficient (Wildman–Crippen LogP) is 4.27. The van der Waals surface area contributed by atoms with Gasteiger partial charge in [0.2, 0.25) is 0 Å². The topological polar surface area (TPSA) is 29.1 Å². The van der Waals surface area contributed by atoms with Gasteiger partial charge in [0.1, 0.15) is 5.78 Å². The van der Waals surface area contributed by atoms with Crippen LogP contribution in [0.1, 0.15) is 38.2 Å². The van der Waals surface area contributed by atoms with Crippen LogP contribution in [0.4, 0.5) is 0 Å². The summed E-state index contributed by atoms with van der Waals surface area (Å²) in [5.74, 6) is 0.288. The second-order valence-electron chi connectivity index (χ2n) is 5.65. The molecule has 0 bridgehead atoms. The zero-order valence-corrected chi connectivity index (χ0v) is 13.4. The van der Waals surface area contributed by atoms with Gasteiger partial charge in [0.25, 0.3) is 0 Å². The quantitative estimate of drug-likeness (QED) is 0.879. The van der Waals surface area contributed by atoms with E-state index in [9.17, 15) is 4.79 Å². The van der Waals surface area contributed by atoms with E-state index in [2.05, 4.69) is 12.2 Å². The van der Waals surface area contributed by atoms with Gasteiger partial charge >= 0.3 is 0 Å². The predicted molar refractivity (Wildman–Crippen MR) is 84.6 cm³/mol. The zero-order chi connectivity index (χ0) is 14.6. The first-order valence-corrected chi connectivity index (χ1v) is 8.01. The van der Waals surface area contributed by atoms with Crippen LogP contribution in [0, 0.1) is 5.41 Å². The van der Waals surface area contributed by atoms with Crippen molar-refractivity contribution in [1.82, 2.24) is 5.32 Å². The van der Waals surface area contributed by atoms with Crippen molar-refractivity contribution in [2.45, 2.75) is 39.0 Å². The van der Waals surface area contributed by atoms with E-state index in [1.54, 1.807) is 18.2 Å². The summed E-state index contributed by atoms with van der Waals surface area (Å²) in [4.78, 5) is 12.8. The van der Waals surface area contributed by atoms with Crippen LogP contribution in [0.3, 0.4) is 0 Å². The van der Waals surface area contributed by atoms with Gasteiger partial charge in [-0.2, -0.15) is 0 Å². The minimum absolute atomic E-state index is 0.224. The van der Waals surface area contributed by atoms with Gasteiger partial charge in [0.15, 0.2) is 0 Å². The molecule has 2 rings (SSSR count). The maximum atomic E-state index is 12.8. The first-order chi connectivity index (χ1) is 9.57. The monoisotopic (exact) mass is 313 g/mol. The molecule has 0 amide bonds. The fourth-order valence-corrected chi connectivity index (χ4v) is 3.46. The molecule has 1 saturated heterocycles. The molecule has 0 spiro atoms. The van der Waals surface area contributed by atoms with Crippen LogP contribution >= 0.6 is 23.2 Å². The molecule has 20 heavy (non-hydrogen) atoms. The maximum absolute atomic E-state index is 12.8. The number of hydrogen-bond acceptors (Lipinski definition) is 2. The van der Waals surface area contributed by atoms with Crippen LogP contribution < -0.4 is 5.32 Å². The van der Waals surface area contributed by atoms with E-state index in [1.807, 2.05) is 0 Å². The average Bonchev–Trinajstić information content (AvgIpc) is 2.44. The van der Waals surface area contributed by atoms with Crippen molar-refractivity contribution in [3.05, 3.63) is 33.8 Å². The highest BCUT2D eigenvalue weighted by atomic mass is 35.5. The molecule has 110 valence electrons. The minimum Gasteiger partial charge on any atom is -0.316 e. The Morgan fingerprint density at radius 3 is 2.85 bits per heavy atom. The molecule has 0 radical (unpaired) electrons. The molecular formula is C16H21Cl2NO. The molecule has 4 heteroatoms. The van der Waals surface area contributed by atoms with E-state index in [1.165, 1.54) is 0 Å². The third kappa shape index (κ3) is 3.55. The Bertz CT molecular complexity index is 476. The Labute approximate surface area is 130 Å². The lowest BCUT2D eigenvalue weighted by Crippen LogP contribution is -2.46. The number of ketones is 1. The molecule has 0 saturated carbocycles. The molecule has 1 N–H and O–H groups in total. The van der Waals surface area contributed by atoms with Crippen molar-refractivity contribution >= 4 is 29.0 Å². The summed E-state index contributed by atoms with van der Waals surface area (Å²) >= 11 is 12.2. The third-order valence-electron chi connectivity index (χ3n) is 4.15. The molecule has 1 aliphatic rings. The van der Waals surface area contributed by atoms with Crippen LogP contribution in [-0.2, 0) is 11.2 Å². The summed E-state index contributed by atoms with van der Waals surface area (Å²) in [5.41, 5.74) is 0.615.